The number of ether oxygens (including phenoxy) is 1. The quantitative estimate of drug-likeness (QED) is 0.307. The van der Waals surface area contributed by atoms with Crippen LogP contribution < -0.4 is 5.32 Å². The van der Waals surface area contributed by atoms with Crippen molar-refractivity contribution in [2.75, 3.05) is 0 Å². The molecule has 1 aromatic heterocycles. The van der Waals surface area contributed by atoms with Crippen molar-refractivity contribution < 1.29 is 14.3 Å². The summed E-state index contributed by atoms with van der Waals surface area (Å²) in [6.07, 6.45) is 3.78. The first-order valence-corrected chi connectivity index (χ1v) is 8.81. The first-order chi connectivity index (χ1) is 11.9. The summed E-state index contributed by atoms with van der Waals surface area (Å²) in [4.78, 5) is 25.9. The van der Waals surface area contributed by atoms with Crippen molar-refractivity contribution in [3.8, 4) is 0 Å². The standard InChI is InChI=1S/C16H19N2O3.2C2H6.Fm/c1-16(2,3)21-15(20)14(18-10-19)8-11-9-17-13-7-5-4-6-12(11)13;2*1-2;/h4-7,9,14,17H,8H2,1-3H3,(H,18,19);2*1-2H3;/q-1;;;. The largest absolute Gasteiger partial charge is 0.520 e. The Labute approximate surface area is 151 Å². The molecule has 0 aliphatic carbocycles. The third-order valence-electron chi connectivity index (χ3n) is 3.02. The number of esters is 1. The molecule has 2 N–H and O–H groups in total. The van der Waals surface area contributed by atoms with Crippen LogP contribution in [0.4, 0.5) is 0 Å². The van der Waals surface area contributed by atoms with E-state index in [1.807, 2.05) is 58.2 Å². The summed E-state index contributed by atoms with van der Waals surface area (Å²) < 4.78 is 5.32. The zero-order valence-corrected chi connectivity index (χ0v) is 19.1. The zero-order chi connectivity index (χ0) is 19.5. The molecule has 1 aromatic carbocycles. The summed E-state index contributed by atoms with van der Waals surface area (Å²) in [6.45, 7) is 13.4. The van der Waals surface area contributed by atoms with Crippen LogP contribution in [-0.4, -0.2) is 29.0 Å². The number of hydrogen-bond acceptors (Lipinski definition) is 3. The van der Waals surface area contributed by atoms with Gasteiger partial charge in [-0.2, -0.15) is 6.41 Å². The van der Waals surface area contributed by atoms with Crippen LogP contribution in [0.25, 0.3) is 10.9 Å². The molecule has 2 rings (SSSR count). The van der Waals surface area contributed by atoms with Gasteiger partial charge in [0.1, 0.15) is 11.6 Å². The van der Waals surface area contributed by atoms with Crippen molar-refractivity contribution in [1.82, 2.24) is 10.3 Å². The number of para-hydroxylation sites is 1. The van der Waals surface area contributed by atoms with Crippen LogP contribution in [0.5, 0.6) is 0 Å². The molecule has 0 saturated heterocycles. The molecule has 6 heteroatoms. The number of nitrogens with one attached hydrogen (secondary N) is 2. The van der Waals surface area contributed by atoms with E-state index in [4.69, 9.17) is 4.74 Å². The smallest absolute Gasteiger partial charge is 0.326 e. The van der Waals surface area contributed by atoms with Gasteiger partial charge in [-0.05, 0) is 32.4 Å². The molecule has 0 radical (unpaired) electrons. The normalized spacial score (nSPS) is 10.9. The van der Waals surface area contributed by atoms with E-state index in [1.54, 1.807) is 27.2 Å². The molecule has 5 nitrogen and oxygen atoms in total. The van der Waals surface area contributed by atoms with Crippen LogP contribution >= 0.6 is 0 Å². The second kappa shape index (κ2) is 12.1. The number of carbonyl (C=O) groups excluding carboxylic acids is 2. The topological polar surface area (TPSA) is 71.2 Å². The molecule has 1 atom stereocenters. The maximum atomic E-state index is 12.1. The van der Waals surface area contributed by atoms with E-state index in [0.717, 1.165) is 16.5 Å². The molecule has 0 aliphatic rings. The maximum Gasteiger partial charge on any atom is 0.326 e. The van der Waals surface area contributed by atoms with Crippen molar-refractivity contribution in [2.24, 2.45) is 0 Å². The van der Waals surface area contributed by atoms with E-state index in [0.29, 0.717) is 6.42 Å². The molecular formula is C20H31FmN2O3-. The number of aromatic nitrogens is 1. The average molecular weight is 604 g/mol. The van der Waals surface area contributed by atoms with Gasteiger partial charge in [-0.15, -0.1) is 0 Å². The summed E-state index contributed by atoms with van der Waals surface area (Å²) >= 11 is 0. The van der Waals surface area contributed by atoms with Crippen molar-refractivity contribution in [3.05, 3.63) is 36.0 Å². The first-order valence-electron chi connectivity index (χ1n) is 8.81. The van der Waals surface area contributed by atoms with Gasteiger partial charge in [0.25, 0.3) is 0 Å². The number of carbonyl (C=O) groups is 1. The Hall–Kier alpha value is -3.30. The molecule has 1 unspecified atom stereocenters. The third kappa shape index (κ3) is 7.51. The number of hydrogen-bond donors (Lipinski definition) is 2. The maximum absolute atomic E-state index is 12.1. The molecule has 1 amide bonds. The fourth-order valence-electron chi connectivity index (χ4n) is 2.16. The molecule has 0 bridgehead atoms. The van der Waals surface area contributed by atoms with E-state index in [1.165, 1.54) is 0 Å². The Morgan fingerprint density at radius 1 is 1.19 bits per heavy atom. The first kappa shape index (κ1) is 24.9. The van der Waals surface area contributed by atoms with Gasteiger partial charge in [-0.1, -0.05) is 45.9 Å². The summed E-state index contributed by atoms with van der Waals surface area (Å²) in [5, 5.41) is 3.44. The zero-order valence-electron chi connectivity index (χ0n) is 16.7. The fourth-order valence-corrected chi connectivity index (χ4v) is 2.16. The van der Waals surface area contributed by atoms with Crippen molar-refractivity contribution in [2.45, 2.75) is 66.5 Å². The third-order valence-corrected chi connectivity index (χ3v) is 3.02. The fraction of sp³-hybridized carbons (Fsp3) is 0.500. The summed E-state index contributed by atoms with van der Waals surface area (Å²) in [6, 6.07) is 7.05. The predicted molar refractivity (Wildman–Crippen MR) is 103 cm³/mol. The number of rotatable bonds is 5. The van der Waals surface area contributed by atoms with Crippen LogP contribution in [0.3, 0.4) is 0 Å². The number of benzene rings is 1. The van der Waals surface area contributed by atoms with Gasteiger partial charge >= 0.3 is 5.97 Å². The summed E-state index contributed by atoms with van der Waals surface area (Å²) in [5.74, 6) is -0.462. The molecule has 26 heavy (non-hydrogen) atoms. The minimum Gasteiger partial charge on any atom is -0.520 e. The van der Waals surface area contributed by atoms with Crippen LogP contribution in [0, 0.1) is 0 Å². The Morgan fingerprint density at radius 2 is 1.77 bits per heavy atom. The monoisotopic (exact) mass is 604 g/mol. The Kier molecular flexibility index (Phi) is 11.6. The second-order valence-corrected chi connectivity index (χ2v) is 5.90. The van der Waals surface area contributed by atoms with Gasteiger partial charge in [0.2, 0.25) is 0 Å². The van der Waals surface area contributed by atoms with Crippen LogP contribution in [-0.2, 0) is 20.7 Å². The molecule has 0 saturated carbocycles. The Morgan fingerprint density at radius 3 is 2.31 bits per heavy atom. The number of amides is 1. The van der Waals surface area contributed by atoms with Crippen LogP contribution in [0.15, 0.2) is 30.5 Å². The molecular weight excluding hydrogens is 573 g/mol. The molecule has 2 aromatic rings. The molecule has 0 aliphatic heterocycles. The molecule has 152 valence electrons. The van der Waals surface area contributed by atoms with E-state index in [-0.39, 0.29) is 0 Å². The number of H-pyrrole nitrogens is 1. The second-order valence-electron chi connectivity index (χ2n) is 5.90. The van der Waals surface area contributed by atoms with Gasteiger partial charge in [0.15, 0.2) is 0 Å². The summed E-state index contributed by atoms with van der Waals surface area (Å²) in [7, 11) is 0. The van der Waals surface area contributed by atoms with Gasteiger partial charge in [-0.3, -0.25) is 0 Å². The van der Waals surface area contributed by atoms with Gasteiger partial charge in [0.05, 0.1) is 0 Å². The number of fused-ring (bicyclic) bond motifs is 1. The van der Waals surface area contributed by atoms with Gasteiger partial charge < -0.3 is 19.8 Å². The van der Waals surface area contributed by atoms with Gasteiger partial charge in [-0.25, -0.2) is 4.79 Å². The Balaban J connectivity index is 0. The minimum atomic E-state index is -0.749. The van der Waals surface area contributed by atoms with Crippen molar-refractivity contribution >= 4 is 23.3 Å². The summed E-state index contributed by atoms with van der Waals surface area (Å²) in [5.41, 5.74) is 1.34. The predicted octanol–water partition coefficient (Wildman–Crippen LogP) is 4.13. The van der Waals surface area contributed by atoms with Crippen molar-refractivity contribution in [1.29, 1.82) is 0 Å². The van der Waals surface area contributed by atoms with Gasteiger partial charge in [0, 0.05) is 23.5 Å². The van der Waals surface area contributed by atoms with Crippen LogP contribution in [0.1, 0.15) is 54.0 Å². The van der Waals surface area contributed by atoms with Crippen LogP contribution in [0.2, 0.25) is 0 Å². The molecule has 0 spiro atoms. The van der Waals surface area contributed by atoms with E-state index in [9.17, 15) is 9.59 Å². The minimum absolute atomic E-state index is 0. The van der Waals surface area contributed by atoms with E-state index < -0.39 is 17.6 Å². The van der Waals surface area contributed by atoms with E-state index >= 15 is 0 Å². The number of aromatic amines is 1. The SMILES string of the molecule is CC.CC.CC(C)(C)OC(=O)C(Cc1c[nH]c2ccccc12)N[C-]=O.[Fm]. The average Bonchev–Trinajstić information content (AvgIpc) is 3.00. The molecule has 0 fully saturated rings. The molecule has 1 heterocycles. The van der Waals surface area contributed by atoms with E-state index in [2.05, 4.69) is 10.3 Å². The van der Waals surface area contributed by atoms with Crippen molar-refractivity contribution in [3.63, 3.8) is 0 Å². The Bertz CT molecular complexity index is 648.